The largest absolute Gasteiger partial charge is 0.465 e. The van der Waals surface area contributed by atoms with Crippen LogP contribution in [0.2, 0.25) is 0 Å². The Morgan fingerprint density at radius 1 is 1.38 bits per heavy atom. The van der Waals surface area contributed by atoms with E-state index in [1.165, 1.54) is 25.3 Å². The molecule has 0 aliphatic carbocycles. The second-order valence-corrected chi connectivity index (χ2v) is 8.09. The van der Waals surface area contributed by atoms with Gasteiger partial charge in [-0.1, -0.05) is 12.2 Å². The molecule has 0 saturated carbocycles. The van der Waals surface area contributed by atoms with Gasteiger partial charge in [0.25, 0.3) is 10.0 Å². The predicted octanol–water partition coefficient (Wildman–Crippen LogP) is 2.03. The SMILES string of the molecule is COC(=O)c1sccc1NS(=O)(=O)c1ccc(C(N)=S)s1. The van der Waals surface area contributed by atoms with E-state index in [0.717, 1.165) is 22.7 Å². The summed E-state index contributed by atoms with van der Waals surface area (Å²) in [6, 6.07) is 4.44. The molecule has 2 heterocycles. The summed E-state index contributed by atoms with van der Waals surface area (Å²) in [7, 11) is -2.58. The maximum absolute atomic E-state index is 12.3. The number of ether oxygens (including phenoxy) is 1. The first-order valence-corrected chi connectivity index (χ1v) is 9.02. The Bertz CT molecular complexity index is 791. The lowest BCUT2D eigenvalue weighted by Crippen LogP contribution is -2.13. The maximum atomic E-state index is 12.3. The minimum absolute atomic E-state index is 0.0623. The van der Waals surface area contributed by atoms with Crippen LogP contribution in [0.4, 0.5) is 5.69 Å². The monoisotopic (exact) mass is 362 g/mol. The molecule has 0 atom stereocenters. The fraction of sp³-hybridized carbons (Fsp3) is 0.0909. The van der Waals surface area contributed by atoms with E-state index in [0.29, 0.717) is 4.88 Å². The second kappa shape index (κ2) is 6.10. The van der Waals surface area contributed by atoms with Crippen LogP contribution in [0, 0.1) is 0 Å². The van der Waals surface area contributed by atoms with Crippen LogP contribution in [0.15, 0.2) is 27.8 Å². The Hall–Kier alpha value is -1.49. The van der Waals surface area contributed by atoms with Crippen molar-refractivity contribution in [2.24, 2.45) is 5.73 Å². The van der Waals surface area contributed by atoms with Crippen molar-refractivity contribution in [1.29, 1.82) is 0 Å². The van der Waals surface area contributed by atoms with Gasteiger partial charge in [-0.15, -0.1) is 22.7 Å². The van der Waals surface area contributed by atoms with E-state index in [4.69, 9.17) is 18.0 Å². The van der Waals surface area contributed by atoms with Crippen LogP contribution in [-0.4, -0.2) is 26.5 Å². The zero-order valence-electron chi connectivity index (χ0n) is 10.7. The van der Waals surface area contributed by atoms with Gasteiger partial charge in [0.05, 0.1) is 17.7 Å². The Labute approximate surface area is 134 Å². The van der Waals surface area contributed by atoms with Crippen LogP contribution in [-0.2, 0) is 14.8 Å². The summed E-state index contributed by atoms with van der Waals surface area (Å²) < 4.78 is 31.6. The van der Waals surface area contributed by atoms with E-state index in [-0.39, 0.29) is 19.8 Å². The summed E-state index contributed by atoms with van der Waals surface area (Å²) >= 11 is 6.85. The number of methoxy groups -OCH3 is 1. The van der Waals surface area contributed by atoms with Crippen LogP contribution < -0.4 is 10.5 Å². The molecule has 0 saturated heterocycles. The van der Waals surface area contributed by atoms with Crippen LogP contribution in [0.3, 0.4) is 0 Å². The Balaban J connectivity index is 2.31. The van der Waals surface area contributed by atoms with Gasteiger partial charge in [-0.25, -0.2) is 13.2 Å². The molecule has 0 bridgehead atoms. The number of hydrogen-bond acceptors (Lipinski definition) is 7. The first-order valence-electron chi connectivity index (χ1n) is 5.43. The summed E-state index contributed by atoms with van der Waals surface area (Å²) in [6.45, 7) is 0. The van der Waals surface area contributed by atoms with Gasteiger partial charge in [0.2, 0.25) is 0 Å². The Kier molecular flexibility index (Phi) is 4.61. The van der Waals surface area contributed by atoms with Gasteiger partial charge in [0.1, 0.15) is 14.1 Å². The van der Waals surface area contributed by atoms with Gasteiger partial charge in [-0.3, -0.25) is 4.72 Å². The van der Waals surface area contributed by atoms with Gasteiger partial charge >= 0.3 is 5.97 Å². The number of carbonyl (C=O) groups is 1. The highest BCUT2D eigenvalue weighted by atomic mass is 32.2. The Morgan fingerprint density at radius 2 is 2.10 bits per heavy atom. The van der Waals surface area contributed by atoms with Crippen LogP contribution in [0.1, 0.15) is 14.5 Å². The molecular formula is C11H10N2O4S4. The summed E-state index contributed by atoms with van der Waals surface area (Å²) in [5.74, 6) is -0.599. The average Bonchev–Trinajstić information content (AvgIpc) is 3.05. The number of thiocarbonyl (C=S) groups is 1. The third-order valence-electron chi connectivity index (χ3n) is 2.37. The summed E-state index contributed by atoms with van der Waals surface area (Å²) in [4.78, 5) is 12.4. The highest BCUT2D eigenvalue weighted by Gasteiger charge is 2.22. The molecule has 0 amide bonds. The van der Waals surface area contributed by atoms with E-state index >= 15 is 0 Å². The summed E-state index contributed by atoms with van der Waals surface area (Å²) in [5, 5.41) is 1.60. The number of rotatable bonds is 5. The van der Waals surface area contributed by atoms with Crippen LogP contribution >= 0.6 is 34.9 Å². The van der Waals surface area contributed by atoms with Crippen molar-refractivity contribution in [3.05, 3.63) is 33.3 Å². The predicted molar refractivity (Wildman–Crippen MR) is 86.7 cm³/mol. The van der Waals surface area contributed by atoms with Gasteiger partial charge < -0.3 is 10.5 Å². The molecule has 0 aromatic carbocycles. The van der Waals surface area contributed by atoms with E-state index in [9.17, 15) is 13.2 Å². The molecule has 112 valence electrons. The molecule has 0 unspecified atom stereocenters. The smallest absolute Gasteiger partial charge is 0.350 e. The van der Waals surface area contributed by atoms with Gasteiger partial charge in [0, 0.05) is 0 Å². The lowest BCUT2D eigenvalue weighted by atomic mass is 10.4. The summed E-state index contributed by atoms with van der Waals surface area (Å²) in [6.07, 6.45) is 0. The third kappa shape index (κ3) is 3.40. The van der Waals surface area contributed by atoms with Crippen molar-refractivity contribution in [3.8, 4) is 0 Å². The zero-order chi connectivity index (χ0) is 15.6. The number of nitrogens with one attached hydrogen (secondary N) is 1. The summed E-state index contributed by atoms with van der Waals surface area (Å²) in [5.41, 5.74) is 5.63. The van der Waals surface area contributed by atoms with Gasteiger partial charge in [0.15, 0.2) is 0 Å². The molecule has 2 rings (SSSR count). The highest BCUT2D eigenvalue weighted by Crippen LogP contribution is 2.28. The first-order chi connectivity index (χ1) is 9.85. The number of esters is 1. The fourth-order valence-electron chi connectivity index (χ4n) is 1.43. The molecule has 21 heavy (non-hydrogen) atoms. The zero-order valence-corrected chi connectivity index (χ0v) is 13.9. The maximum Gasteiger partial charge on any atom is 0.350 e. The lowest BCUT2D eigenvalue weighted by molar-refractivity contribution is 0.0607. The first kappa shape index (κ1) is 15.9. The van der Waals surface area contributed by atoms with Crippen LogP contribution in [0.5, 0.6) is 0 Å². The number of nitrogens with two attached hydrogens (primary N) is 1. The van der Waals surface area contributed by atoms with Crippen molar-refractivity contribution in [3.63, 3.8) is 0 Å². The molecule has 0 aliphatic heterocycles. The Morgan fingerprint density at radius 3 is 2.67 bits per heavy atom. The van der Waals surface area contributed by atoms with E-state index in [1.54, 1.807) is 5.38 Å². The standard InChI is InChI=1S/C11H10N2O4S4/c1-17-11(14)9-6(4-5-19-9)13-21(15,16)8-3-2-7(20-8)10(12)18/h2-5,13H,1H3,(H2,12,18). The van der Waals surface area contributed by atoms with Crippen LogP contribution in [0.25, 0.3) is 0 Å². The molecule has 3 N–H and O–H groups in total. The van der Waals surface area contributed by atoms with Crippen molar-refractivity contribution in [1.82, 2.24) is 0 Å². The van der Waals surface area contributed by atoms with E-state index in [1.807, 2.05) is 0 Å². The minimum atomic E-state index is -3.81. The van der Waals surface area contributed by atoms with E-state index < -0.39 is 16.0 Å². The number of sulfonamides is 1. The molecule has 2 aromatic heterocycles. The number of carbonyl (C=O) groups excluding carboxylic acids is 1. The number of anilines is 1. The van der Waals surface area contributed by atoms with Crippen molar-refractivity contribution in [2.45, 2.75) is 4.21 Å². The molecule has 2 aromatic rings. The topological polar surface area (TPSA) is 98.5 Å². The molecule has 10 heteroatoms. The number of thiophene rings is 2. The molecule has 0 spiro atoms. The van der Waals surface area contributed by atoms with Crippen molar-refractivity contribution in [2.75, 3.05) is 11.8 Å². The van der Waals surface area contributed by atoms with Gasteiger partial charge in [-0.05, 0) is 23.6 Å². The van der Waals surface area contributed by atoms with Gasteiger partial charge in [-0.2, -0.15) is 0 Å². The quantitative estimate of drug-likeness (QED) is 0.624. The lowest BCUT2D eigenvalue weighted by Gasteiger charge is -2.06. The highest BCUT2D eigenvalue weighted by molar-refractivity contribution is 7.94. The van der Waals surface area contributed by atoms with Crippen molar-refractivity contribution >= 4 is 61.6 Å². The fourth-order valence-corrected chi connectivity index (χ4v) is 4.69. The molecular weight excluding hydrogens is 352 g/mol. The molecule has 0 aliphatic rings. The number of hydrogen-bond donors (Lipinski definition) is 2. The van der Waals surface area contributed by atoms with Crippen molar-refractivity contribution < 1.29 is 17.9 Å². The normalized spacial score (nSPS) is 11.1. The molecule has 0 radical (unpaired) electrons. The van der Waals surface area contributed by atoms with E-state index in [2.05, 4.69) is 9.46 Å². The minimum Gasteiger partial charge on any atom is -0.465 e. The second-order valence-electron chi connectivity index (χ2n) is 3.74. The average molecular weight is 362 g/mol. The molecule has 0 fully saturated rings. The third-order valence-corrected chi connectivity index (χ3v) is 6.59. The molecule has 6 nitrogen and oxygen atoms in total.